The zero-order chi connectivity index (χ0) is 15.7. The van der Waals surface area contributed by atoms with Crippen molar-refractivity contribution in [3.8, 4) is 0 Å². The first-order valence-corrected chi connectivity index (χ1v) is 9.70. The molecule has 20 heavy (non-hydrogen) atoms. The van der Waals surface area contributed by atoms with Crippen LogP contribution in [-0.4, -0.2) is 9.04 Å². The first-order chi connectivity index (χ1) is 8.93. The van der Waals surface area contributed by atoms with Crippen LogP contribution in [0, 0.1) is 5.41 Å². The van der Waals surface area contributed by atoms with Gasteiger partial charge in [0, 0.05) is 5.69 Å². The van der Waals surface area contributed by atoms with E-state index >= 15 is 0 Å². The van der Waals surface area contributed by atoms with Gasteiger partial charge < -0.3 is 10.2 Å². The van der Waals surface area contributed by atoms with Crippen LogP contribution < -0.4 is 5.73 Å². The fourth-order valence-corrected chi connectivity index (χ4v) is 3.37. The van der Waals surface area contributed by atoms with Gasteiger partial charge in [-0.25, -0.2) is 0 Å². The van der Waals surface area contributed by atoms with Crippen molar-refractivity contribution in [2.75, 3.05) is 5.73 Å². The molecule has 0 aromatic heterocycles. The summed E-state index contributed by atoms with van der Waals surface area (Å²) < 4.78 is 6.23. The lowest BCUT2D eigenvalue weighted by Gasteiger charge is -2.33. The third-order valence-corrected chi connectivity index (χ3v) is 4.03. The van der Waals surface area contributed by atoms with Crippen molar-refractivity contribution in [2.45, 2.75) is 66.2 Å². The number of hydrogen-bond donors (Lipinski definition) is 1. The molecule has 0 spiro atoms. The van der Waals surface area contributed by atoms with Crippen LogP contribution in [-0.2, 0) is 9.84 Å². The molecule has 0 heterocycles. The van der Waals surface area contributed by atoms with Crippen LogP contribution in [0.3, 0.4) is 0 Å². The van der Waals surface area contributed by atoms with E-state index < -0.39 is 9.04 Å². The maximum absolute atomic E-state index is 6.27. The summed E-state index contributed by atoms with van der Waals surface area (Å²) in [5.74, 6) is 0. The van der Waals surface area contributed by atoms with Gasteiger partial charge in [-0.05, 0) is 41.1 Å². The number of anilines is 1. The topological polar surface area (TPSA) is 35.2 Å². The van der Waals surface area contributed by atoms with Crippen molar-refractivity contribution in [3.05, 3.63) is 29.3 Å². The van der Waals surface area contributed by atoms with Gasteiger partial charge in [0.05, 0.1) is 6.10 Å². The van der Waals surface area contributed by atoms with Crippen molar-refractivity contribution in [1.29, 1.82) is 0 Å². The van der Waals surface area contributed by atoms with Crippen LogP contribution in [0.1, 0.15) is 58.8 Å². The van der Waals surface area contributed by atoms with Gasteiger partial charge in [0.15, 0.2) is 0 Å². The summed E-state index contributed by atoms with van der Waals surface area (Å²) in [6, 6.07) is 6.43. The predicted molar refractivity (Wildman–Crippen MR) is 90.3 cm³/mol. The number of benzene rings is 1. The molecular weight excluding hydrogens is 262 g/mol. The highest BCUT2D eigenvalue weighted by Crippen LogP contribution is 2.39. The third kappa shape index (κ3) is 4.35. The lowest BCUT2D eigenvalue weighted by atomic mass is 9.81. The third-order valence-electron chi connectivity index (χ3n) is 3.33. The first-order valence-electron chi connectivity index (χ1n) is 7.29. The lowest BCUT2D eigenvalue weighted by molar-refractivity contribution is 0.0866. The highest BCUT2D eigenvalue weighted by molar-refractivity contribution is 6.48. The van der Waals surface area contributed by atoms with E-state index in [9.17, 15) is 0 Å². The normalized spacial score (nSPS) is 14.7. The summed E-state index contributed by atoms with van der Waals surface area (Å²) in [6.45, 7) is 17.6. The molecule has 0 fully saturated rings. The molecule has 0 aliphatic heterocycles. The smallest absolute Gasteiger partial charge is 0.205 e. The number of nitrogens with two attached hydrogens (primary N) is 1. The molecule has 0 aliphatic rings. The molecule has 1 aromatic rings. The molecule has 0 saturated heterocycles. The fourth-order valence-electron chi connectivity index (χ4n) is 2.41. The second-order valence-electron chi connectivity index (χ2n) is 7.87. The highest BCUT2D eigenvalue weighted by Gasteiger charge is 2.29. The molecule has 0 saturated carbocycles. The van der Waals surface area contributed by atoms with Gasteiger partial charge in [0.25, 0.3) is 0 Å². The van der Waals surface area contributed by atoms with Gasteiger partial charge in [0.1, 0.15) is 0 Å². The molecule has 2 N–H and O–H groups in total. The Bertz CT molecular complexity index is 455. The van der Waals surface area contributed by atoms with Gasteiger partial charge in [0.2, 0.25) is 9.04 Å². The predicted octanol–water partition coefficient (Wildman–Crippen LogP) is 4.92. The van der Waals surface area contributed by atoms with Crippen molar-refractivity contribution in [2.24, 2.45) is 5.41 Å². The Balaban J connectivity index is 3.20. The average molecular weight is 293 g/mol. The van der Waals surface area contributed by atoms with Gasteiger partial charge in [-0.1, -0.05) is 53.7 Å². The van der Waals surface area contributed by atoms with Gasteiger partial charge in [-0.15, -0.1) is 0 Å². The van der Waals surface area contributed by atoms with E-state index in [-0.39, 0.29) is 16.9 Å². The van der Waals surface area contributed by atoms with E-state index in [0.717, 1.165) is 5.69 Å². The molecule has 113 valence electrons. The molecule has 0 aliphatic carbocycles. The molecule has 0 bridgehead atoms. The SMILES string of the molecule is C[Si](C)OC(c1ccc(C(C)(C)C)c(N)c1)C(C)(C)C. The molecule has 0 amide bonds. The molecule has 1 aromatic carbocycles. The summed E-state index contributed by atoms with van der Waals surface area (Å²) in [5.41, 5.74) is 9.67. The number of nitrogen functional groups attached to an aromatic ring is 1. The van der Waals surface area contributed by atoms with Crippen LogP contribution in [0.2, 0.25) is 13.1 Å². The van der Waals surface area contributed by atoms with E-state index in [1.165, 1.54) is 11.1 Å². The summed E-state index contributed by atoms with van der Waals surface area (Å²) in [7, 11) is -0.754. The maximum Gasteiger partial charge on any atom is 0.205 e. The molecule has 1 unspecified atom stereocenters. The van der Waals surface area contributed by atoms with E-state index in [4.69, 9.17) is 10.2 Å². The summed E-state index contributed by atoms with van der Waals surface area (Å²) in [4.78, 5) is 0. The first kappa shape index (κ1) is 17.2. The molecule has 1 radical (unpaired) electrons. The lowest BCUT2D eigenvalue weighted by Crippen LogP contribution is -2.26. The number of hydrogen-bond acceptors (Lipinski definition) is 2. The number of rotatable bonds is 3. The Morgan fingerprint density at radius 1 is 1.05 bits per heavy atom. The second-order valence-corrected chi connectivity index (χ2v) is 9.92. The van der Waals surface area contributed by atoms with Crippen LogP contribution in [0.25, 0.3) is 0 Å². The van der Waals surface area contributed by atoms with Gasteiger partial charge in [-0.3, -0.25) is 0 Å². The van der Waals surface area contributed by atoms with E-state index in [2.05, 4.69) is 72.8 Å². The van der Waals surface area contributed by atoms with Crippen LogP contribution in [0.15, 0.2) is 18.2 Å². The van der Waals surface area contributed by atoms with Crippen LogP contribution in [0.4, 0.5) is 5.69 Å². The van der Waals surface area contributed by atoms with Gasteiger partial charge in [-0.2, -0.15) is 0 Å². The minimum Gasteiger partial charge on any atom is -0.410 e. The summed E-state index contributed by atoms with van der Waals surface area (Å²) in [6.07, 6.45) is 0.0997. The van der Waals surface area contributed by atoms with Crippen LogP contribution in [0.5, 0.6) is 0 Å². The average Bonchev–Trinajstić information content (AvgIpc) is 2.22. The Hall–Kier alpha value is -0.803. The summed E-state index contributed by atoms with van der Waals surface area (Å²) >= 11 is 0. The molecule has 1 rings (SSSR count). The van der Waals surface area contributed by atoms with Crippen molar-refractivity contribution in [1.82, 2.24) is 0 Å². The zero-order valence-corrected chi connectivity index (χ0v) is 15.3. The standard InChI is InChI=1S/C17H30NOSi/c1-16(2,3)13-10-9-12(11-14(13)18)15(17(4,5)6)19-20(7)8/h9-11,15H,18H2,1-8H3. The Labute approximate surface area is 126 Å². The second kappa shape index (κ2) is 5.90. The highest BCUT2D eigenvalue weighted by atomic mass is 28.3. The zero-order valence-electron chi connectivity index (χ0n) is 14.3. The van der Waals surface area contributed by atoms with Crippen molar-refractivity contribution in [3.63, 3.8) is 0 Å². The van der Waals surface area contributed by atoms with Crippen molar-refractivity contribution >= 4 is 14.7 Å². The van der Waals surface area contributed by atoms with E-state index in [0.29, 0.717) is 0 Å². The Morgan fingerprint density at radius 2 is 1.60 bits per heavy atom. The Morgan fingerprint density at radius 3 is 1.95 bits per heavy atom. The maximum atomic E-state index is 6.27. The minimum absolute atomic E-state index is 0.0671. The minimum atomic E-state index is -0.754. The molecule has 1 atom stereocenters. The van der Waals surface area contributed by atoms with Crippen molar-refractivity contribution < 1.29 is 4.43 Å². The van der Waals surface area contributed by atoms with Crippen LogP contribution >= 0.6 is 0 Å². The fraction of sp³-hybridized carbons (Fsp3) is 0.647. The monoisotopic (exact) mass is 292 g/mol. The Kier molecular flexibility index (Phi) is 5.09. The summed E-state index contributed by atoms with van der Waals surface area (Å²) in [5, 5.41) is 0. The van der Waals surface area contributed by atoms with E-state index in [1.807, 2.05) is 0 Å². The van der Waals surface area contributed by atoms with Gasteiger partial charge >= 0.3 is 0 Å². The largest absolute Gasteiger partial charge is 0.410 e. The molecule has 3 heteroatoms. The molecule has 2 nitrogen and oxygen atoms in total. The quantitative estimate of drug-likeness (QED) is 0.634. The van der Waals surface area contributed by atoms with E-state index in [1.54, 1.807) is 0 Å². The molecular formula is C17H30NOSi.